The molecule has 1 atom stereocenters. The third kappa shape index (κ3) is 2.60. The van der Waals surface area contributed by atoms with Gasteiger partial charge < -0.3 is 9.47 Å². The van der Waals surface area contributed by atoms with Gasteiger partial charge >= 0.3 is 5.97 Å². The number of carbonyl (C=O) groups is 1. The molecule has 0 amide bonds. The fourth-order valence-corrected chi connectivity index (χ4v) is 2.09. The third-order valence-corrected chi connectivity index (χ3v) is 2.91. The maximum absolute atomic E-state index is 11.5. The smallest absolute Gasteiger partial charge is 0.347 e. The molecule has 18 heavy (non-hydrogen) atoms. The van der Waals surface area contributed by atoms with Crippen LogP contribution in [-0.4, -0.2) is 28.6 Å². The number of hydrogen-bond donors (Lipinski definition) is 0. The van der Waals surface area contributed by atoms with E-state index in [9.17, 15) is 4.79 Å². The van der Waals surface area contributed by atoms with Gasteiger partial charge in [-0.2, -0.15) is 4.98 Å². The first-order chi connectivity index (χ1) is 8.61. The fraction of sp³-hybridized carbons (Fsp3) is 0.615. The molecule has 1 aromatic rings. The van der Waals surface area contributed by atoms with Crippen LogP contribution in [0.5, 0.6) is 5.88 Å². The zero-order valence-corrected chi connectivity index (χ0v) is 11.0. The highest BCUT2D eigenvalue weighted by Gasteiger charge is 2.23. The molecule has 0 saturated heterocycles. The SMILES string of the molecule is CCOC(=O)C(C)Oc1nc(C)nc2c1CCC2. The van der Waals surface area contributed by atoms with Gasteiger partial charge in [0.2, 0.25) is 5.88 Å². The summed E-state index contributed by atoms with van der Waals surface area (Å²) in [6.45, 7) is 5.64. The van der Waals surface area contributed by atoms with Gasteiger partial charge in [-0.1, -0.05) is 0 Å². The second kappa shape index (κ2) is 5.33. The summed E-state index contributed by atoms with van der Waals surface area (Å²) in [7, 11) is 0. The van der Waals surface area contributed by atoms with E-state index in [-0.39, 0.29) is 5.97 Å². The molecule has 0 saturated carbocycles. The minimum Gasteiger partial charge on any atom is -0.463 e. The molecule has 5 heteroatoms. The topological polar surface area (TPSA) is 61.3 Å². The average molecular weight is 250 g/mol. The first-order valence-electron chi connectivity index (χ1n) is 6.31. The molecule has 98 valence electrons. The highest BCUT2D eigenvalue weighted by molar-refractivity contribution is 5.74. The van der Waals surface area contributed by atoms with Crippen molar-refractivity contribution in [2.75, 3.05) is 6.61 Å². The second-order valence-corrected chi connectivity index (χ2v) is 4.37. The van der Waals surface area contributed by atoms with Crippen LogP contribution in [0.3, 0.4) is 0 Å². The van der Waals surface area contributed by atoms with E-state index in [0.717, 1.165) is 30.5 Å². The van der Waals surface area contributed by atoms with Gasteiger partial charge in [0.1, 0.15) is 5.82 Å². The zero-order chi connectivity index (χ0) is 13.1. The molecular formula is C13H18N2O3. The molecule has 2 rings (SSSR count). The van der Waals surface area contributed by atoms with Crippen LogP contribution >= 0.6 is 0 Å². The van der Waals surface area contributed by atoms with Crippen LogP contribution in [-0.2, 0) is 22.4 Å². The van der Waals surface area contributed by atoms with Crippen molar-refractivity contribution in [1.82, 2.24) is 9.97 Å². The Hall–Kier alpha value is -1.65. The summed E-state index contributed by atoms with van der Waals surface area (Å²) in [6, 6.07) is 0. The van der Waals surface area contributed by atoms with Gasteiger partial charge in [0.05, 0.1) is 12.3 Å². The maximum Gasteiger partial charge on any atom is 0.347 e. The quantitative estimate of drug-likeness (QED) is 0.760. The van der Waals surface area contributed by atoms with E-state index in [1.807, 2.05) is 6.92 Å². The molecule has 0 N–H and O–H groups in total. The van der Waals surface area contributed by atoms with E-state index in [1.165, 1.54) is 0 Å². The number of ether oxygens (including phenoxy) is 2. The van der Waals surface area contributed by atoms with Crippen LogP contribution in [0.4, 0.5) is 0 Å². The van der Waals surface area contributed by atoms with Crippen molar-refractivity contribution in [2.24, 2.45) is 0 Å². The van der Waals surface area contributed by atoms with Crippen molar-refractivity contribution in [3.8, 4) is 5.88 Å². The van der Waals surface area contributed by atoms with E-state index in [1.54, 1.807) is 13.8 Å². The molecule has 0 radical (unpaired) electrons. The summed E-state index contributed by atoms with van der Waals surface area (Å²) < 4.78 is 10.5. The summed E-state index contributed by atoms with van der Waals surface area (Å²) in [4.78, 5) is 20.2. The summed E-state index contributed by atoms with van der Waals surface area (Å²) in [5.74, 6) is 0.859. The molecule has 5 nitrogen and oxygen atoms in total. The van der Waals surface area contributed by atoms with E-state index < -0.39 is 6.10 Å². The Bertz CT molecular complexity index is 460. The highest BCUT2D eigenvalue weighted by Crippen LogP contribution is 2.28. The largest absolute Gasteiger partial charge is 0.463 e. The number of carbonyl (C=O) groups excluding carboxylic acids is 1. The lowest BCUT2D eigenvalue weighted by Gasteiger charge is -2.15. The van der Waals surface area contributed by atoms with E-state index in [4.69, 9.17) is 9.47 Å². The highest BCUT2D eigenvalue weighted by atomic mass is 16.6. The zero-order valence-electron chi connectivity index (χ0n) is 11.0. The van der Waals surface area contributed by atoms with Crippen LogP contribution in [0, 0.1) is 6.92 Å². The Kier molecular flexibility index (Phi) is 3.79. The minimum atomic E-state index is -0.635. The molecule has 0 spiro atoms. The standard InChI is InChI=1S/C13H18N2O3/c1-4-17-13(16)8(2)18-12-10-6-5-7-11(10)14-9(3)15-12/h8H,4-7H2,1-3H3. The summed E-state index contributed by atoms with van der Waals surface area (Å²) >= 11 is 0. The van der Waals surface area contributed by atoms with Gasteiger partial charge in [0, 0.05) is 5.56 Å². The molecule has 0 fully saturated rings. The van der Waals surface area contributed by atoms with E-state index in [2.05, 4.69) is 9.97 Å². The molecule has 0 aliphatic heterocycles. The summed E-state index contributed by atoms with van der Waals surface area (Å²) in [5, 5.41) is 0. The van der Waals surface area contributed by atoms with Crippen molar-refractivity contribution in [3.05, 3.63) is 17.1 Å². The number of fused-ring (bicyclic) bond motifs is 1. The average Bonchev–Trinajstić information content (AvgIpc) is 2.77. The lowest BCUT2D eigenvalue weighted by molar-refractivity contribution is -0.150. The number of nitrogens with zero attached hydrogens (tertiary/aromatic N) is 2. The Balaban J connectivity index is 2.17. The van der Waals surface area contributed by atoms with Crippen molar-refractivity contribution in [3.63, 3.8) is 0 Å². The first-order valence-corrected chi connectivity index (χ1v) is 6.31. The van der Waals surface area contributed by atoms with E-state index >= 15 is 0 Å². The summed E-state index contributed by atoms with van der Waals surface area (Å²) in [6.07, 6.45) is 2.31. The fourth-order valence-electron chi connectivity index (χ4n) is 2.09. The second-order valence-electron chi connectivity index (χ2n) is 4.37. The maximum atomic E-state index is 11.5. The number of aromatic nitrogens is 2. The van der Waals surface area contributed by atoms with E-state index in [0.29, 0.717) is 18.3 Å². The van der Waals surface area contributed by atoms with Gasteiger partial charge in [-0.15, -0.1) is 0 Å². The lowest BCUT2D eigenvalue weighted by Crippen LogP contribution is -2.27. The van der Waals surface area contributed by atoms with Crippen LogP contribution in [0.1, 0.15) is 37.4 Å². The van der Waals surface area contributed by atoms with Gasteiger partial charge in [-0.25, -0.2) is 9.78 Å². The summed E-state index contributed by atoms with van der Waals surface area (Å²) in [5.41, 5.74) is 2.09. The predicted molar refractivity (Wildman–Crippen MR) is 65.5 cm³/mol. The van der Waals surface area contributed by atoms with Gasteiger partial charge in [-0.3, -0.25) is 0 Å². The molecule has 1 aliphatic rings. The predicted octanol–water partition coefficient (Wildman–Crippen LogP) is 1.60. The minimum absolute atomic E-state index is 0.355. The van der Waals surface area contributed by atoms with Crippen LogP contribution in [0.15, 0.2) is 0 Å². The van der Waals surface area contributed by atoms with Crippen LogP contribution in [0.25, 0.3) is 0 Å². The third-order valence-electron chi connectivity index (χ3n) is 2.91. The Morgan fingerprint density at radius 1 is 1.39 bits per heavy atom. The molecule has 1 unspecified atom stereocenters. The number of hydrogen-bond acceptors (Lipinski definition) is 5. The molecule has 0 aromatic carbocycles. The molecule has 1 heterocycles. The van der Waals surface area contributed by atoms with Gasteiger partial charge in [-0.05, 0) is 40.0 Å². The number of esters is 1. The van der Waals surface area contributed by atoms with Crippen molar-refractivity contribution < 1.29 is 14.3 Å². The Morgan fingerprint density at radius 2 is 2.17 bits per heavy atom. The molecule has 0 bridgehead atoms. The molecule has 1 aliphatic carbocycles. The molecule has 1 aromatic heterocycles. The van der Waals surface area contributed by atoms with Gasteiger partial charge in [0.25, 0.3) is 0 Å². The number of rotatable bonds is 4. The number of aryl methyl sites for hydroxylation is 2. The van der Waals surface area contributed by atoms with Crippen LogP contribution < -0.4 is 4.74 Å². The first kappa shape index (κ1) is 12.8. The normalized spacial score (nSPS) is 15.1. The lowest BCUT2D eigenvalue weighted by atomic mass is 10.2. The monoisotopic (exact) mass is 250 g/mol. The van der Waals surface area contributed by atoms with Gasteiger partial charge in [0.15, 0.2) is 6.10 Å². The molecular weight excluding hydrogens is 232 g/mol. The van der Waals surface area contributed by atoms with Crippen molar-refractivity contribution in [2.45, 2.75) is 46.1 Å². The Labute approximate surface area is 107 Å². The van der Waals surface area contributed by atoms with Crippen molar-refractivity contribution >= 4 is 5.97 Å². The van der Waals surface area contributed by atoms with Crippen molar-refractivity contribution in [1.29, 1.82) is 0 Å². The van der Waals surface area contributed by atoms with Crippen LogP contribution in [0.2, 0.25) is 0 Å². The Morgan fingerprint density at radius 3 is 2.89 bits per heavy atom.